The van der Waals surface area contributed by atoms with Crippen LogP contribution in [0.5, 0.6) is 0 Å². The molecule has 123 heavy (non-hydrogen) atoms. The maximum atomic E-state index is 7.04. The van der Waals surface area contributed by atoms with Gasteiger partial charge in [0.15, 0.2) is 16.7 Å². The summed E-state index contributed by atoms with van der Waals surface area (Å²) < 4.78 is 20.8. The zero-order chi connectivity index (χ0) is 80.6. The molecule has 2 spiro atoms. The average molecular weight is 1570 g/mol. The Kier molecular flexibility index (Phi) is 14.9. The third-order valence-electron chi connectivity index (χ3n) is 26.6. The summed E-state index contributed by atoms with van der Waals surface area (Å²) in [6.45, 7) is 0. The maximum Gasteiger partial charge on any atom is 0.159 e. The predicted octanol–water partition coefficient (Wildman–Crippen LogP) is 31.6. The van der Waals surface area contributed by atoms with Gasteiger partial charge >= 0.3 is 0 Å². The van der Waals surface area contributed by atoms with Crippen molar-refractivity contribution in [1.82, 2.24) is 0 Å². The minimum absolute atomic E-state index is 0.621. The minimum atomic E-state index is -0.859. The molecular formula is C116H72N4O3. The fourth-order valence-electron chi connectivity index (χ4n) is 21.8. The van der Waals surface area contributed by atoms with Crippen LogP contribution in [-0.4, -0.2) is 0 Å². The Labute approximate surface area is 710 Å². The van der Waals surface area contributed by atoms with Gasteiger partial charge in [0, 0.05) is 83.4 Å². The minimum Gasteiger partial charge on any atom is -0.454 e. The molecule has 7 heteroatoms. The van der Waals surface area contributed by atoms with Crippen molar-refractivity contribution in [2.24, 2.45) is 0 Å². The van der Waals surface area contributed by atoms with Gasteiger partial charge in [-0.05, 0) is 234 Å². The molecule has 2 unspecified atom stereocenters. The van der Waals surface area contributed by atoms with Gasteiger partial charge in [0.1, 0.15) is 16.7 Å². The fourth-order valence-corrected chi connectivity index (χ4v) is 21.8. The zero-order valence-electron chi connectivity index (χ0n) is 66.6. The largest absolute Gasteiger partial charge is 0.454 e. The standard InChI is InChI=1S/C116H72N4O3/c1-5-32-74(33-6-1)117(79-64-67-98-93(70-79)83-41-13-19-51-95(83)115(98)96-52-20-14-42-84(96)94-71-80(65-68-99(94)115)118(75-34-7-2-8-35-75)104-57-27-48-88-85-43-16-22-60-107(85)121-112(88)104)78-40-25-31-73(69-78)82-47-26-54-100-110(82)91-46-15-21-53-97(91)116(100)101-55-30-56-103(120(77-38-11-4-12-39-77)106-59-29-50-90-87-45-18-24-62-109(87)123-114(90)106)111(101)92-66-63-81(72-102(92)116)119(76-36-9-3-10-37-76)105-58-28-49-89-86-44-17-23-61-108(86)122-113(89)105/h1-72H. The summed E-state index contributed by atoms with van der Waals surface area (Å²) >= 11 is 0. The smallest absolute Gasteiger partial charge is 0.159 e. The second-order valence-corrected chi connectivity index (χ2v) is 32.7. The maximum absolute atomic E-state index is 7.04. The molecule has 574 valence electrons. The van der Waals surface area contributed by atoms with E-state index in [2.05, 4.69) is 450 Å². The molecule has 19 aromatic carbocycles. The van der Waals surface area contributed by atoms with E-state index in [4.69, 9.17) is 13.3 Å². The Bertz CT molecular complexity index is 8130. The molecule has 0 radical (unpaired) electrons. The summed E-state index contributed by atoms with van der Waals surface area (Å²) in [5.41, 5.74) is 37.4. The first-order valence-electron chi connectivity index (χ1n) is 42.3. The van der Waals surface area contributed by atoms with Crippen molar-refractivity contribution in [2.75, 3.05) is 19.6 Å². The number of rotatable bonds is 13. The summed E-state index contributed by atoms with van der Waals surface area (Å²) in [6.07, 6.45) is 0. The van der Waals surface area contributed by atoms with Crippen LogP contribution < -0.4 is 19.6 Å². The highest BCUT2D eigenvalue weighted by atomic mass is 16.3. The normalized spacial score (nSPS) is 14.7. The van der Waals surface area contributed by atoms with E-state index in [1.54, 1.807) is 0 Å². The molecule has 22 aromatic rings. The average Bonchev–Trinajstić information content (AvgIpc) is 1.50. The van der Waals surface area contributed by atoms with E-state index in [9.17, 15) is 0 Å². The molecule has 0 saturated heterocycles. The van der Waals surface area contributed by atoms with E-state index in [1.807, 2.05) is 6.07 Å². The Hall–Kier alpha value is -16.2. The van der Waals surface area contributed by atoms with Crippen molar-refractivity contribution >= 4 is 134 Å². The van der Waals surface area contributed by atoms with Crippen molar-refractivity contribution in [3.63, 3.8) is 0 Å². The molecule has 0 aliphatic heterocycles. The van der Waals surface area contributed by atoms with Crippen molar-refractivity contribution in [1.29, 1.82) is 0 Å². The van der Waals surface area contributed by atoms with Gasteiger partial charge in [0.25, 0.3) is 0 Å². The molecule has 0 saturated carbocycles. The van der Waals surface area contributed by atoms with Crippen LogP contribution in [0.2, 0.25) is 0 Å². The number of furan rings is 3. The second kappa shape index (κ2) is 26.6. The van der Waals surface area contributed by atoms with Crippen LogP contribution in [0.4, 0.5) is 68.2 Å². The topological polar surface area (TPSA) is 52.4 Å². The van der Waals surface area contributed by atoms with Crippen molar-refractivity contribution in [3.8, 4) is 55.6 Å². The molecule has 2 atom stereocenters. The van der Waals surface area contributed by atoms with E-state index in [0.29, 0.717) is 0 Å². The van der Waals surface area contributed by atoms with Crippen LogP contribution >= 0.6 is 0 Å². The lowest BCUT2D eigenvalue weighted by Gasteiger charge is -2.33. The zero-order valence-corrected chi connectivity index (χ0v) is 66.6. The number of hydrogen-bond acceptors (Lipinski definition) is 7. The SMILES string of the molecule is c1ccc(N(c2cccc(-c3cccc4c3-c3ccccc3C43c4cc(N(c5ccccc5)c5cccc6c5oc5ccccc56)ccc4-c4c(N(c5ccccc5)c5cccc6c5oc5ccccc56)cccc43)c2)c2ccc3c(c2)-c2ccccc2C32c3ccccc3-c3cc(N(c4ccccc4)c4cccc5c4oc4ccccc45)ccc32)cc1. The second-order valence-electron chi connectivity index (χ2n) is 32.7. The molecule has 26 rings (SSSR count). The Morgan fingerprint density at radius 2 is 0.480 bits per heavy atom. The number of hydrogen-bond donors (Lipinski definition) is 0. The van der Waals surface area contributed by atoms with Gasteiger partial charge in [-0.15, -0.1) is 0 Å². The first kappa shape index (κ1) is 68.8. The van der Waals surface area contributed by atoms with Crippen molar-refractivity contribution in [2.45, 2.75) is 10.8 Å². The highest BCUT2D eigenvalue weighted by Crippen LogP contribution is 2.69. The summed E-state index contributed by atoms with van der Waals surface area (Å²) in [6, 6.07) is 161. The van der Waals surface area contributed by atoms with Crippen LogP contribution in [0.25, 0.3) is 121 Å². The van der Waals surface area contributed by atoms with E-state index in [1.165, 1.54) is 77.9 Å². The van der Waals surface area contributed by atoms with Gasteiger partial charge < -0.3 is 32.9 Å². The lowest BCUT2D eigenvalue weighted by molar-refractivity contribution is 0.668. The number of benzene rings is 19. The first-order valence-corrected chi connectivity index (χ1v) is 42.3. The number of fused-ring (bicyclic) bond motifs is 29. The molecular weight excluding hydrogens is 1500 g/mol. The molecule has 0 N–H and O–H groups in total. The first-order chi connectivity index (χ1) is 61.0. The van der Waals surface area contributed by atoms with E-state index < -0.39 is 10.8 Å². The Balaban J connectivity index is 0.652. The number of nitrogens with zero attached hydrogens (tertiary/aromatic N) is 4. The lowest BCUT2D eigenvalue weighted by atomic mass is 9.70. The van der Waals surface area contributed by atoms with Crippen LogP contribution in [0.15, 0.2) is 450 Å². The van der Waals surface area contributed by atoms with E-state index >= 15 is 0 Å². The van der Waals surface area contributed by atoms with Crippen molar-refractivity contribution < 1.29 is 13.3 Å². The highest BCUT2D eigenvalue weighted by Gasteiger charge is 2.55. The molecule has 3 heterocycles. The van der Waals surface area contributed by atoms with Gasteiger partial charge in [-0.2, -0.15) is 0 Å². The van der Waals surface area contributed by atoms with E-state index in [-0.39, 0.29) is 0 Å². The molecule has 3 aromatic heterocycles. The summed E-state index contributed by atoms with van der Waals surface area (Å²) in [7, 11) is 0. The summed E-state index contributed by atoms with van der Waals surface area (Å²) in [4.78, 5) is 9.66. The third kappa shape index (κ3) is 9.81. The Morgan fingerprint density at radius 3 is 1.00 bits per heavy atom. The predicted molar refractivity (Wildman–Crippen MR) is 505 cm³/mol. The van der Waals surface area contributed by atoms with Gasteiger partial charge in [-0.25, -0.2) is 0 Å². The molecule has 4 aliphatic carbocycles. The Morgan fingerprint density at radius 1 is 0.163 bits per heavy atom. The van der Waals surface area contributed by atoms with Gasteiger partial charge in [0.05, 0.1) is 33.6 Å². The molecule has 0 fully saturated rings. The summed E-state index contributed by atoms with van der Waals surface area (Å²) in [5, 5.41) is 6.47. The number of anilines is 12. The third-order valence-corrected chi connectivity index (χ3v) is 26.6. The highest BCUT2D eigenvalue weighted by molar-refractivity contribution is 6.15. The van der Waals surface area contributed by atoms with Crippen molar-refractivity contribution in [3.05, 3.63) is 481 Å². The monoisotopic (exact) mass is 1570 g/mol. The van der Waals surface area contributed by atoms with E-state index in [0.717, 1.165) is 156 Å². The van der Waals surface area contributed by atoms with Crippen LogP contribution in [-0.2, 0) is 10.8 Å². The lowest BCUT2D eigenvalue weighted by Crippen LogP contribution is -2.26. The van der Waals surface area contributed by atoms with Gasteiger partial charge in [0.2, 0.25) is 0 Å². The fraction of sp³-hybridized carbons (Fsp3) is 0.0172. The van der Waals surface area contributed by atoms with Gasteiger partial charge in [-0.1, -0.05) is 297 Å². The number of para-hydroxylation sites is 10. The molecule has 0 bridgehead atoms. The van der Waals surface area contributed by atoms with Gasteiger partial charge in [-0.3, -0.25) is 0 Å². The quantitative estimate of drug-likeness (QED) is 0.114. The van der Waals surface area contributed by atoms with Crippen LogP contribution in [0.1, 0.15) is 44.5 Å². The molecule has 7 nitrogen and oxygen atoms in total. The molecule has 0 amide bonds. The summed E-state index contributed by atoms with van der Waals surface area (Å²) in [5.74, 6) is 0. The van der Waals surface area contributed by atoms with Crippen LogP contribution in [0, 0.1) is 0 Å². The van der Waals surface area contributed by atoms with Crippen LogP contribution in [0.3, 0.4) is 0 Å². The molecule has 4 aliphatic rings.